The fourth-order valence-corrected chi connectivity index (χ4v) is 0.725. The van der Waals surface area contributed by atoms with E-state index in [4.69, 9.17) is 0 Å². The highest BCUT2D eigenvalue weighted by Crippen LogP contribution is 2.00. The standard InChI is InChI=1S/C10H13FO/c1-3-10(9(2)12)7-5-4-6-8-11/h3-4,6-7H,1,5,8H2,2H3/b6-4-,10-7+. The summed E-state index contributed by atoms with van der Waals surface area (Å²) in [4.78, 5) is 10.8. The molecule has 0 aliphatic rings. The van der Waals surface area contributed by atoms with E-state index in [1.165, 1.54) is 19.1 Å². The SMILES string of the molecule is C=C/C(=C\C/C=C\CF)C(C)=O. The van der Waals surface area contributed by atoms with Crippen molar-refractivity contribution in [2.45, 2.75) is 13.3 Å². The van der Waals surface area contributed by atoms with Crippen molar-refractivity contribution in [2.75, 3.05) is 6.67 Å². The summed E-state index contributed by atoms with van der Waals surface area (Å²) in [5.41, 5.74) is 0.582. The quantitative estimate of drug-likeness (QED) is 0.350. The molecule has 0 fully saturated rings. The molecular formula is C10H13FO. The van der Waals surface area contributed by atoms with E-state index in [0.29, 0.717) is 12.0 Å². The average Bonchev–Trinajstić information content (AvgIpc) is 2.04. The van der Waals surface area contributed by atoms with Crippen molar-refractivity contribution in [2.24, 2.45) is 0 Å². The Kier molecular flexibility index (Phi) is 5.88. The topological polar surface area (TPSA) is 17.1 Å². The number of alkyl halides is 1. The van der Waals surface area contributed by atoms with E-state index in [0.717, 1.165) is 0 Å². The molecule has 0 aromatic carbocycles. The third kappa shape index (κ3) is 4.61. The third-order valence-corrected chi connectivity index (χ3v) is 1.36. The first-order valence-corrected chi connectivity index (χ1v) is 3.77. The maximum atomic E-state index is 11.6. The molecule has 12 heavy (non-hydrogen) atoms. The van der Waals surface area contributed by atoms with E-state index >= 15 is 0 Å². The summed E-state index contributed by atoms with van der Waals surface area (Å²) in [6.07, 6.45) is 6.89. The zero-order valence-corrected chi connectivity index (χ0v) is 7.22. The number of rotatable bonds is 5. The van der Waals surface area contributed by atoms with Gasteiger partial charge in [0.05, 0.1) is 0 Å². The Morgan fingerprint density at radius 3 is 2.58 bits per heavy atom. The van der Waals surface area contributed by atoms with E-state index in [9.17, 15) is 9.18 Å². The minimum Gasteiger partial charge on any atom is -0.295 e. The monoisotopic (exact) mass is 168 g/mol. The van der Waals surface area contributed by atoms with E-state index in [1.54, 1.807) is 12.2 Å². The molecule has 0 heterocycles. The van der Waals surface area contributed by atoms with Gasteiger partial charge in [-0.25, -0.2) is 4.39 Å². The number of hydrogen-bond acceptors (Lipinski definition) is 1. The molecule has 0 saturated heterocycles. The molecule has 2 heteroatoms. The Bertz CT molecular complexity index is 214. The van der Waals surface area contributed by atoms with Gasteiger partial charge in [-0.1, -0.05) is 30.9 Å². The van der Waals surface area contributed by atoms with Gasteiger partial charge in [0.1, 0.15) is 6.67 Å². The Hall–Kier alpha value is -1.18. The van der Waals surface area contributed by atoms with Gasteiger partial charge in [0.2, 0.25) is 0 Å². The lowest BCUT2D eigenvalue weighted by Crippen LogP contribution is -1.91. The highest BCUT2D eigenvalue weighted by Gasteiger charge is 1.94. The van der Waals surface area contributed by atoms with E-state index in [1.807, 2.05) is 0 Å². The van der Waals surface area contributed by atoms with Crippen LogP contribution in [0.3, 0.4) is 0 Å². The molecule has 0 amide bonds. The van der Waals surface area contributed by atoms with E-state index in [2.05, 4.69) is 6.58 Å². The predicted octanol–water partition coefficient (Wildman–Crippen LogP) is 2.60. The van der Waals surface area contributed by atoms with Crippen LogP contribution >= 0.6 is 0 Å². The molecule has 0 rings (SSSR count). The molecule has 0 bridgehead atoms. The van der Waals surface area contributed by atoms with Crippen LogP contribution in [0, 0.1) is 0 Å². The molecule has 0 aromatic heterocycles. The molecule has 0 aromatic rings. The first-order chi connectivity index (χ1) is 5.72. The number of ketones is 1. The van der Waals surface area contributed by atoms with Gasteiger partial charge in [0, 0.05) is 5.57 Å². The second kappa shape index (κ2) is 6.53. The zero-order valence-electron chi connectivity index (χ0n) is 7.22. The maximum absolute atomic E-state index is 11.6. The van der Waals surface area contributed by atoms with Crippen molar-refractivity contribution in [1.82, 2.24) is 0 Å². The fraction of sp³-hybridized carbons (Fsp3) is 0.300. The van der Waals surface area contributed by atoms with Crippen molar-refractivity contribution in [3.63, 3.8) is 0 Å². The van der Waals surface area contributed by atoms with Gasteiger partial charge in [-0.3, -0.25) is 4.79 Å². The molecule has 1 nitrogen and oxygen atoms in total. The number of carbonyl (C=O) groups excluding carboxylic acids is 1. The van der Waals surface area contributed by atoms with Gasteiger partial charge >= 0.3 is 0 Å². The van der Waals surface area contributed by atoms with Crippen LogP contribution in [0.2, 0.25) is 0 Å². The van der Waals surface area contributed by atoms with E-state index in [-0.39, 0.29) is 5.78 Å². The summed E-state index contributed by atoms with van der Waals surface area (Å²) < 4.78 is 11.6. The summed E-state index contributed by atoms with van der Waals surface area (Å²) in [5.74, 6) is -0.0151. The van der Waals surface area contributed by atoms with Crippen LogP contribution in [0.25, 0.3) is 0 Å². The highest BCUT2D eigenvalue weighted by atomic mass is 19.1. The molecule has 0 spiro atoms. The maximum Gasteiger partial charge on any atom is 0.159 e. The van der Waals surface area contributed by atoms with Crippen LogP contribution < -0.4 is 0 Å². The van der Waals surface area contributed by atoms with Gasteiger partial charge in [0.15, 0.2) is 5.78 Å². The van der Waals surface area contributed by atoms with Gasteiger partial charge in [0.25, 0.3) is 0 Å². The van der Waals surface area contributed by atoms with Gasteiger partial charge < -0.3 is 0 Å². The summed E-state index contributed by atoms with van der Waals surface area (Å²) in [5, 5.41) is 0. The van der Waals surface area contributed by atoms with Crippen molar-refractivity contribution < 1.29 is 9.18 Å². The number of hydrogen-bond donors (Lipinski definition) is 0. The van der Waals surface area contributed by atoms with Crippen molar-refractivity contribution in [3.8, 4) is 0 Å². The van der Waals surface area contributed by atoms with Crippen LogP contribution in [0.5, 0.6) is 0 Å². The molecule has 0 aliphatic heterocycles. The van der Waals surface area contributed by atoms with Crippen LogP contribution in [0.1, 0.15) is 13.3 Å². The Balaban J connectivity index is 4.03. The second-order valence-electron chi connectivity index (χ2n) is 2.28. The van der Waals surface area contributed by atoms with Crippen molar-refractivity contribution in [1.29, 1.82) is 0 Å². The first-order valence-electron chi connectivity index (χ1n) is 3.77. The lowest BCUT2D eigenvalue weighted by molar-refractivity contribution is -0.113. The minimum absolute atomic E-state index is 0.0151. The smallest absolute Gasteiger partial charge is 0.159 e. The predicted molar refractivity (Wildman–Crippen MR) is 48.7 cm³/mol. The van der Waals surface area contributed by atoms with Gasteiger partial charge in [-0.15, -0.1) is 0 Å². The Morgan fingerprint density at radius 1 is 1.50 bits per heavy atom. The normalized spacial score (nSPS) is 12.0. The number of halogens is 1. The van der Waals surface area contributed by atoms with Gasteiger partial charge in [-0.2, -0.15) is 0 Å². The molecule has 0 unspecified atom stereocenters. The molecule has 0 aliphatic carbocycles. The first kappa shape index (κ1) is 10.8. The number of allylic oxidation sites excluding steroid dienone is 5. The van der Waals surface area contributed by atoms with Crippen LogP contribution in [-0.4, -0.2) is 12.5 Å². The highest BCUT2D eigenvalue weighted by molar-refractivity contribution is 5.95. The van der Waals surface area contributed by atoms with Crippen LogP contribution in [0.15, 0.2) is 36.5 Å². The Labute approximate surface area is 72.3 Å². The van der Waals surface area contributed by atoms with Crippen LogP contribution in [0.4, 0.5) is 4.39 Å². The molecular weight excluding hydrogens is 155 g/mol. The minimum atomic E-state index is -0.461. The Morgan fingerprint density at radius 2 is 2.17 bits per heavy atom. The third-order valence-electron chi connectivity index (χ3n) is 1.36. The molecule has 0 radical (unpaired) electrons. The lowest BCUT2D eigenvalue weighted by atomic mass is 10.1. The van der Waals surface area contributed by atoms with Crippen LogP contribution in [-0.2, 0) is 4.79 Å². The van der Waals surface area contributed by atoms with Gasteiger partial charge in [-0.05, 0) is 13.3 Å². The summed E-state index contributed by atoms with van der Waals surface area (Å²) in [7, 11) is 0. The molecule has 66 valence electrons. The van der Waals surface area contributed by atoms with E-state index < -0.39 is 6.67 Å². The molecule has 0 N–H and O–H groups in total. The summed E-state index contributed by atoms with van der Waals surface area (Å²) in [6.45, 7) is 4.51. The number of Topliss-reactive ketones (excluding diaryl/α,β-unsaturated/α-hetero) is 1. The van der Waals surface area contributed by atoms with Crippen molar-refractivity contribution >= 4 is 5.78 Å². The zero-order chi connectivity index (χ0) is 9.40. The fourth-order valence-electron chi connectivity index (χ4n) is 0.725. The average molecular weight is 168 g/mol. The second-order valence-corrected chi connectivity index (χ2v) is 2.28. The van der Waals surface area contributed by atoms with Crippen molar-refractivity contribution in [3.05, 3.63) is 36.5 Å². The molecule has 0 saturated carbocycles. The number of carbonyl (C=O) groups is 1. The largest absolute Gasteiger partial charge is 0.295 e. The summed E-state index contributed by atoms with van der Waals surface area (Å²) >= 11 is 0. The summed E-state index contributed by atoms with van der Waals surface area (Å²) in [6, 6.07) is 0. The lowest BCUT2D eigenvalue weighted by Gasteiger charge is -1.92. The molecule has 0 atom stereocenters.